The molecule has 35 heavy (non-hydrogen) atoms. The van der Waals surface area contributed by atoms with Crippen molar-refractivity contribution in [2.75, 3.05) is 36.0 Å². The second kappa shape index (κ2) is 9.80. The Morgan fingerprint density at radius 2 is 1.43 bits per heavy atom. The van der Waals surface area contributed by atoms with Crippen molar-refractivity contribution in [3.05, 3.63) is 99.5 Å². The second-order valence-electron chi connectivity index (χ2n) is 8.78. The molecule has 3 aromatic carbocycles. The lowest BCUT2D eigenvalue weighted by atomic mass is 10.2. The number of carbonyl (C=O) groups is 2. The number of hydrogen-bond acceptors (Lipinski definition) is 5. The number of benzene rings is 3. The summed E-state index contributed by atoms with van der Waals surface area (Å²) in [6, 6.07) is 23.5. The van der Waals surface area contributed by atoms with Gasteiger partial charge in [0, 0.05) is 41.8 Å². The molecule has 5 nitrogen and oxygen atoms in total. The number of rotatable bonds is 5. The van der Waals surface area contributed by atoms with Crippen LogP contribution < -0.4 is 9.80 Å². The molecule has 2 aliphatic rings. The van der Waals surface area contributed by atoms with Gasteiger partial charge in [-0.2, -0.15) is 0 Å². The Balaban J connectivity index is 1.47. The van der Waals surface area contributed by atoms with Crippen molar-refractivity contribution in [3.8, 4) is 0 Å². The van der Waals surface area contributed by atoms with E-state index in [1.54, 1.807) is 18.2 Å². The van der Waals surface area contributed by atoms with Crippen LogP contribution in [0.3, 0.4) is 0 Å². The van der Waals surface area contributed by atoms with Crippen molar-refractivity contribution in [2.24, 2.45) is 0 Å². The molecule has 0 saturated carbocycles. The highest BCUT2D eigenvalue weighted by Gasteiger charge is 2.43. The standard InChI is InChI=1S/C28H26ClN3O2S/c1-19-8-11-23(12-9-19)35-26-25(31-16-14-30(15-17-31)22-6-4-3-5-7-22)27(33)32(28(26)34)24-13-10-21(29)18-20(24)2/h3-13,18H,14-17H2,1-2H3. The van der Waals surface area contributed by atoms with Crippen LogP contribution in [0.4, 0.5) is 11.4 Å². The van der Waals surface area contributed by atoms with Crippen LogP contribution in [0.25, 0.3) is 0 Å². The molecule has 1 saturated heterocycles. The molecule has 0 radical (unpaired) electrons. The predicted octanol–water partition coefficient (Wildman–Crippen LogP) is 5.66. The Hall–Kier alpha value is -3.22. The van der Waals surface area contributed by atoms with Gasteiger partial charge in [0.25, 0.3) is 11.8 Å². The normalized spacial score (nSPS) is 16.5. The third-order valence-corrected chi connectivity index (χ3v) is 7.69. The number of amides is 2. The first-order valence-corrected chi connectivity index (χ1v) is 12.8. The van der Waals surface area contributed by atoms with Crippen molar-refractivity contribution < 1.29 is 9.59 Å². The molecule has 0 spiro atoms. The molecule has 2 heterocycles. The summed E-state index contributed by atoms with van der Waals surface area (Å²) < 4.78 is 0. The van der Waals surface area contributed by atoms with Crippen molar-refractivity contribution in [1.82, 2.24) is 4.90 Å². The molecule has 1 fully saturated rings. The first-order chi connectivity index (χ1) is 16.9. The molecule has 0 N–H and O–H groups in total. The number of halogens is 1. The molecule has 2 amide bonds. The van der Waals surface area contributed by atoms with E-state index in [-0.39, 0.29) is 11.8 Å². The summed E-state index contributed by atoms with van der Waals surface area (Å²) in [6.45, 7) is 6.77. The number of piperazine rings is 1. The Morgan fingerprint density at radius 1 is 0.771 bits per heavy atom. The van der Waals surface area contributed by atoms with E-state index in [1.807, 2.05) is 56.3 Å². The summed E-state index contributed by atoms with van der Waals surface area (Å²) in [6.07, 6.45) is 0. The van der Waals surface area contributed by atoms with Crippen molar-refractivity contribution in [3.63, 3.8) is 0 Å². The summed E-state index contributed by atoms with van der Waals surface area (Å²) in [7, 11) is 0. The molecular formula is C28H26ClN3O2S. The molecule has 0 bridgehead atoms. The first-order valence-electron chi connectivity index (χ1n) is 11.6. The monoisotopic (exact) mass is 503 g/mol. The Morgan fingerprint density at radius 3 is 2.09 bits per heavy atom. The van der Waals surface area contributed by atoms with E-state index in [4.69, 9.17) is 11.6 Å². The fourth-order valence-corrected chi connectivity index (χ4v) is 5.73. The van der Waals surface area contributed by atoms with E-state index in [0.29, 0.717) is 34.4 Å². The van der Waals surface area contributed by atoms with Gasteiger partial charge in [0.2, 0.25) is 0 Å². The van der Waals surface area contributed by atoms with Gasteiger partial charge in [0.1, 0.15) is 10.6 Å². The highest BCUT2D eigenvalue weighted by atomic mass is 35.5. The molecule has 5 rings (SSSR count). The SMILES string of the molecule is Cc1ccc(SC2=C(N3CCN(c4ccccc4)CC3)C(=O)N(c3ccc(Cl)cc3C)C2=O)cc1. The van der Waals surface area contributed by atoms with Gasteiger partial charge in [0.05, 0.1) is 5.69 Å². The molecule has 0 aromatic heterocycles. The molecule has 0 aliphatic carbocycles. The number of para-hydroxylation sites is 1. The lowest BCUT2D eigenvalue weighted by molar-refractivity contribution is -0.121. The minimum absolute atomic E-state index is 0.275. The number of hydrogen-bond donors (Lipinski definition) is 0. The largest absolute Gasteiger partial charge is 0.368 e. The Bertz CT molecular complexity index is 1300. The fraction of sp³-hybridized carbons (Fsp3) is 0.214. The van der Waals surface area contributed by atoms with Crippen LogP contribution in [0, 0.1) is 13.8 Å². The minimum atomic E-state index is -0.286. The number of imide groups is 1. The zero-order valence-corrected chi connectivity index (χ0v) is 21.3. The Labute approximate surface area is 215 Å². The topological polar surface area (TPSA) is 43.9 Å². The summed E-state index contributed by atoms with van der Waals surface area (Å²) in [4.78, 5) is 34.6. The third-order valence-electron chi connectivity index (χ3n) is 6.38. The summed E-state index contributed by atoms with van der Waals surface area (Å²) in [5.41, 5.74) is 4.16. The van der Waals surface area contributed by atoms with E-state index >= 15 is 0 Å². The maximum atomic E-state index is 13.8. The second-order valence-corrected chi connectivity index (χ2v) is 10.3. The van der Waals surface area contributed by atoms with Crippen molar-refractivity contribution >= 4 is 46.6 Å². The van der Waals surface area contributed by atoms with Crippen molar-refractivity contribution in [2.45, 2.75) is 18.7 Å². The quantitative estimate of drug-likeness (QED) is 0.420. The minimum Gasteiger partial charge on any atom is -0.368 e. The third kappa shape index (κ3) is 4.68. The van der Waals surface area contributed by atoms with Gasteiger partial charge in [0.15, 0.2) is 0 Å². The maximum Gasteiger partial charge on any atom is 0.283 e. The average Bonchev–Trinajstić information content (AvgIpc) is 3.10. The summed E-state index contributed by atoms with van der Waals surface area (Å²) in [5.74, 6) is -0.560. The zero-order chi connectivity index (χ0) is 24.5. The van der Waals surface area contributed by atoms with Gasteiger partial charge in [-0.25, -0.2) is 4.90 Å². The zero-order valence-electron chi connectivity index (χ0n) is 19.7. The molecule has 2 aliphatic heterocycles. The molecule has 7 heteroatoms. The average molecular weight is 504 g/mol. The molecule has 178 valence electrons. The highest BCUT2D eigenvalue weighted by Crippen LogP contribution is 2.40. The van der Waals surface area contributed by atoms with Gasteiger partial charge in [-0.05, 0) is 61.9 Å². The Kier molecular flexibility index (Phi) is 6.58. The van der Waals surface area contributed by atoms with Crippen LogP contribution in [-0.2, 0) is 9.59 Å². The van der Waals surface area contributed by atoms with E-state index in [2.05, 4.69) is 21.9 Å². The number of anilines is 2. The summed E-state index contributed by atoms with van der Waals surface area (Å²) >= 11 is 7.51. The van der Waals surface area contributed by atoms with Gasteiger partial charge in [-0.1, -0.05) is 59.3 Å². The van der Waals surface area contributed by atoms with E-state index < -0.39 is 0 Å². The number of thioether (sulfide) groups is 1. The van der Waals surface area contributed by atoms with Crippen LogP contribution in [-0.4, -0.2) is 42.9 Å². The van der Waals surface area contributed by atoms with E-state index in [9.17, 15) is 9.59 Å². The fourth-order valence-electron chi connectivity index (χ4n) is 4.51. The highest BCUT2D eigenvalue weighted by molar-refractivity contribution is 8.04. The predicted molar refractivity (Wildman–Crippen MR) is 143 cm³/mol. The lowest BCUT2D eigenvalue weighted by Gasteiger charge is -2.37. The van der Waals surface area contributed by atoms with Crippen LogP contribution >= 0.6 is 23.4 Å². The molecular weight excluding hydrogens is 478 g/mol. The first kappa shape index (κ1) is 23.5. The molecule has 0 unspecified atom stereocenters. The smallest absolute Gasteiger partial charge is 0.283 e. The summed E-state index contributed by atoms with van der Waals surface area (Å²) in [5, 5.41) is 0.574. The van der Waals surface area contributed by atoms with Crippen LogP contribution in [0.15, 0.2) is 88.3 Å². The van der Waals surface area contributed by atoms with E-state index in [1.165, 1.54) is 22.3 Å². The van der Waals surface area contributed by atoms with Crippen molar-refractivity contribution in [1.29, 1.82) is 0 Å². The van der Waals surface area contributed by atoms with Crippen LogP contribution in [0.2, 0.25) is 5.02 Å². The van der Waals surface area contributed by atoms with Crippen LogP contribution in [0.5, 0.6) is 0 Å². The van der Waals surface area contributed by atoms with Gasteiger partial charge in [-0.3, -0.25) is 9.59 Å². The molecule has 0 atom stereocenters. The van der Waals surface area contributed by atoms with Gasteiger partial charge < -0.3 is 9.80 Å². The lowest BCUT2D eigenvalue weighted by Crippen LogP contribution is -2.47. The number of nitrogens with zero attached hydrogens (tertiary/aromatic N) is 3. The van der Waals surface area contributed by atoms with Crippen LogP contribution in [0.1, 0.15) is 11.1 Å². The van der Waals surface area contributed by atoms with Gasteiger partial charge >= 0.3 is 0 Å². The number of carbonyl (C=O) groups excluding carboxylic acids is 2. The van der Waals surface area contributed by atoms with Gasteiger partial charge in [-0.15, -0.1) is 0 Å². The number of aryl methyl sites for hydroxylation is 2. The maximum absolute atomic E-state index is 13.8. The molecule has 3 aromatic rings. The van der Waals surface area contributed by atoms with E-state index in [0.717, 1.165) is 29.1 Å².